The number of halogens is 1. The smallest absolute Gasteiger partial charge is 0.320 e. The lowest BCUT2D eigenvalue weighted by molar-refractivity contribution is -0.156. The molecule has 1 aliphatic heterocycles. The van der Waals surface area contributed by atoms with E-state index in [0.29, 0.717) is 48.1 Å². The SMILES string of the molecule is CC(C)(C)OC(=O)CN1CCc2nc(C(=O)C3(N)CCCC3NC(=O)c3cc4cc(Cl)ccc4[nH]3)sc2C1. The Hall–Kier alpha value is -2.79. The number of carbonyl (C=O) groups excluding carboxylic acids is 3. The number of esters is 1. The Labute approximate surface area is 230 Å². The summed E-state index contributed by atoms with van der Waals surface area (Å²) in [6.45, 7) is 6.91. The first-order valence-corrected chi connectivity index (χ1v) is 14.0. The quantitative estimate of drug-likeness (QED) is 0.310. The van der Waals surface area contributed by atoms with Crippen LogP contribution in [0.5, 0.6) is 0 Å². The fourth-order valence-electron chi connectivity index (χ4n) is 5.20. The van der Waals surface area contributed by atoms with Crippen molar-refractivity contribution < 1.29 is 19.1 Å². The highest BCUT2D eigenvalue weighted by atomic mass is 35.5. The van der Waals surface area contributed by atoms with Crippen LogP contribution in [0.2, 0.25) is 5.02 Å². The molecular formula is C27H32ClN5O4S. The second kappa shape index (κ2) is 10.1. The summed E-state index contributed by atoms with van der Waals surface area (Å²) in [4.78, 5) is 49.7. The molecule has 1 amide bonds. The second-order valence-electron chi connectivity index (χ2n) is 11.1. The van der Waals surface area contributed by atoms with Crippen molar-refractivity contribution in [2.75, 3.05) is 13.1 Å². The third-order valence-electron chi connectivity index (χ3n) is 7.04. The number of ketones is 1. The first-order valence-electron chi connectivity index (χ1n) is 12.8. The largest absolute Gasteiger partial charge is 0.459 e. The zero-order valence-corrected chi connectivity index (χ0v) is 23.3. The van der Waals surface area contributed by atoms with Gasteiger partial charge in [0.1, 0.15) is 16.8 Å². The molecule has 2 aromatic heterocycles. The molecule has 202 valence electrons. The van der Waals surface area contributed by atoms with Gasteiger partial charge in [-0.15, -0.1) is 11.3 Å². The minimum Gasteiger partial charge on any atom is -0.459 e. The van der Waals surface area contributed by atoms with E-state index in [9.17, 15) is 14.4 Å². The van der Waals surface area contributed by atoms with Crippen LogP contribution < -0.4 is 11.1 Å². The number of benzene rings is 1. The van der Waals surface area contributed by atoms with Crippen molar-refractivity contribution in [2.24, 2.45) is 5.73 Å². The highest BCUT2D eigenvalue weighted by Gasteiger charge is 2.48. The molecule has 11 heteroatoms. The van der Waals surface area contributed by atoms with E-state index in [1.165, 1.54) is 11.3 Å². The Morgan fingerprint density at radius 3 is 2.87 bits per heavy atom. The van der Waals surface area contributed by atoms with E-state index in [1.54, 1.807) is 18.2 Å². The van der Waals surface area contributed by atoms with Crippen molar-refractivity contribution in [3.05, 3.63) is 50.6 Å². The Morgan fingerprint density at radius 1 is 1.32 bits per heavy atom. The average Bonchev–Trinajstić information content (AvgIpc) is 3.54. The Morgan fingerprint density at radius 2 is 2.11 bits per heavy atom. The molecule has 0 spiro atoms. The Balaban J connectivity index is 1.27. The van der Waals surface area contributed by atoms with Crippen molar-refractivity contribution in [3.8, 4) is 0 Å². The molecule has 2 atom stereocenters. The van der Waals surface area contributed by atoms with Crippen LogP contribution in [0.4, 0.5) is 0 Å². The molecule has 1 aromatic carbocycles. The molecule has 0 saturated heterocycles. The van der Waals surface area contributed by atoms with Crippen LogP contribution in [0.1, 0.15) is 70.9 Å². The Bertz CT molecular complexity index is 1410. The summed E-state index contributed by atoms with van der Waals surface area (Å²) in [5.41, 5.74) is 7.01. The van der Waals surface area contributed by atoms with E-state index >= 15 is 0 Å². The van der Waals surface area contributed by atoms with Gasteiger partial charge in [0.15, 0.2) is 5.01 Å². The third kappa shape index (κ3) is 5.49. The summed E-state index contributed by atoms with van der Waals surface area (Å²) in [5.74, 6) is -0.838. The number of aromatic amines is 1. The van der Waals surface area contributed by atoms with Crippen LogP contribution in [-0.4, -0.2) is 62.8 Å². The van der Waals surface area contributed by atoms with Gasteiger partial charge in [-0.25, -0.2) is 4.98 Å². The second-order valence-corrected chi connectivity index (χ2v) is 12.7. The zero-order chi connectivity index (χ0) is 27.2. The number of hydrogen-bond acceptors (Lipinski definition) is 8. The van der Waals surface area contributed by atoms with E-state index in [2.05, 4.69) is 15.3 Å². The maximum Gasteiger partial charge on any atom is 0.320 e. The number of thiazole rings is 1. The van der Waals surface area contributed by atoms with E-state index in [-0.39, 0.29) is 24.2 Å². The van der Waals surface area contributed by atoms with Crippen molar-refractivity contribution in [2.45, 2.75) is 70.2 Å². The van der Waals surface area contributed by atoms with E-state index in [4.69, 9.17) is 22.1 Å². The molecule has 2 unspecified atom stereocenters. The number of fused-ring (bicyclic) bond motifs is 2. The van der Waals surface area contributed by atoms with Gasteiger partial charge in [0.25, 0.3) is 5.91 Å². The molecule has 1 saturated carbocycles. The number of H-pyrrole nitrogens is 1. The lowest BCUT2D eigenvalue weighted by atomic mass is 9.89. The number of nitrogens with zero attached hydrogens (tertiary/aromatic N) is 2. The van der Waals surface area contributed by atoms with Crippen molar-refractivity contribution in [1.82, 2.24) is 20.2 Å². The molecule has 3 heterocycles. The molecule has 3 aromatic rings. The molecule has 5 rings (SSSR count). The van der Waals surface area contributed by atoms with Crippen LogP contribution in [0.15, 0.2) is 24.3 Å². The number of nitrogens with two attached hydrogens (primary N) is 1. The Kier molecular flexibility index (Phi) is 7.10. The lowest BCUT2D eigenvalue weighted by Gasteiger charge is -2.29. The summed E-state index contributed by atoms with van der Waals surface area (Å²) < 4.78 is 5.44. The van der Waals surface area contributed by atoms with Crippen molar-refractivity contribution in [3.63, 3.8) is 0 Å². The van der Waals surface area contributed by atoms with Gasteiger partial charge >= 0.3 is 5.97 Å². The predicted octanol–water partition coefficient (Wildman–Crippen LogP) is 3.84. The predicted molar refractivity (Wildman–Crippen MR) is 147 cm³/mol. The van der Waals surface area contributed by atoms with Gasteiger partial charge in [0.05, 0.1) is 18.3 Å². The summed E-state index contributed by atoms with van der Waals surface area (Å²) in [6, 6.07) is 6.59. The summed E-state index contributed by atoms with van der Waals surface area (Å²) in [7, 11) is 0. The van der Waals surface area contributed by atoms with Crippen LogP contribution in [0.3, 0.4) is 0 Å². The van der Waals surface area contributed by atoms with Crippen LogP contribution in [-0.2, 0) is 22.5 Å². The van der Waals surface area contributed by atoms with Gasteiger partial charge in [-0.05, 0) is 64.3 Å². The van der Waals surface area contributed by atoms with Gasteiger partial charge in [-0.1, -0.05) is 11.6 Å². The highest BCUT2D eigenvalue weighted by molar-refractivity contribution is 7.13. The number of nitrogens with one attached hydrogen (secondary N) is 2. The summed E-state index contributed by atoms with van der Waals surface area (Å²) in [6.07, 6.45) is 2.44. The van der Waals surface area contributed by atoms with E-state index in [0.717, 1.165) is 27.9 Å². The normalized spacial score (nSPS) is 21.9. The minimum absolute atomic E-state index is 0.187. The molecular weight excluding hydrogens is 526 g/mol. The first-order chi connectivity index (χ1) is 17.9. The van der Waals surface area contributed by atoms with E-state index < -0.39 is 17.2 Å². The fraction of sp³-hybridized carbons (Fsp3) is 0.481. The number of rotatable bonds is 6. The zero-order valence-electron chi connectivity index (χ0n) is 21.7. The summed E-state index contributed by atoms with van der Waals surface area (Å²) >= 11 is 7.40. The van der Waals surface area contributed by atoms with Gasteiger partial charge in [-0.3, -0.25) is 19.3 Å². The van der Waals surface area contributed by atoms with Crippen molar-refractivity contribution >= 4 is 51.5 Å². The monoisotopic (exact) mass is 557 g/mol. The highest BCUT2D eigenvalue weighted by Crippen LogP contribution is 2.34. The summed E-state index contributed by atoms with van der Waals surface area (Å²) in [5, 5.41) is 4.77. The fourth-order valence-corrected chi connectivity index (χ4v) is 6.57. The minimum atomic E-state index is -1.23. The van der Waals surface area contributed by atoms with Crippen molar-refractivity contribution in [1.29, 1.82) is 0 Å². The van der Waals surface area contributed by atoms with E-state index in [1.807, 2.05) is 31.7 Å². The molecule has 0 bridgehead atoms. The van der Waals surface area contributed by atoms with Gasteiger partial charge in [0, 0.05) is 40.3 Å². The molecule has 1 aliphatic carbocycles. The molecule has 9 nitrogen and oxygen atoms in total. The topological polar surface area (TPSA) is 130 Å². The molecule has 1 fully saturated rings. The number of carbonyl (C=O) groups is 3. The van der Waals surface area contributed by atoms with Gasteiger partial charge in [-0.2, -0.15) is 0 Å². The number of hydrogen-bond donors (Lipinski definition) is 3. The molecule has 38 heavy (non-hydrogen) atoms. The standard InChI is InChI=1S/C27H32ClN5O4S/c1-26(2,3)37-22(34)14-33-10-8-18-20(13-33)38-25(31-18)23(35)27(29)9-4-5-21(27)32-24(36)19-12-15-11-16(28)6-7-17(15)30-19/h6-7,11-12,21,30H,4-5,8-10,13-14,29H2,1-3H3,(H,32,36). The maximum atomic E-state index is 13.7. The third-order valence-corrected chi connectivity index (χ3v) is 8.35. The first kappa shape index (κ1) is 26.8. The van der Waals surface area contributed by atoms with Crippen LogP contribution in [0.25, 0.3) is 10.9 Å². The molecule has 0 radical (unpaired) electrons. The number of Topliss-reactive ketones (excluding diaryl/α,β-unsaturated/α-hetero) is 1. The van der Waals surface area contributed by atoms with Gasteiger partial charge < -0.3 is 20.8 Å². The maximum absolute atomic E-state index is 13.7. The van der Waals surface area contributed by atoms with Crippen LogP contribution in [0, 0.1) is 0 Å². The lowest BCUT2D eigenvalue weighted by Crippen LogP contribution is -2.60. The number of ether oxygens (including phenoxy) is 1. The number of aromatic nitrogens is 2. The average molecular weight is 558 g/mol. The van der Waals surface area contributed by atoms with Crippen LogP contribution >= 0.6 is 22.9 Å². The van der Waals surface area contributed by atoms with Gasteiger partial charge in [0.2, 0.25) is 5.78 Å². The molecule has 2 aliphatic rings. The molecule has 4 N–H and O–H groups in total. The number of amides is 1.